The fourth-order valence-electron chi connectivity index (χ4n) is 2.91. The Morgan fingerprint density at radius 1 is 1.30 bits per heavy atom. The van der Waals surface area contributed by atoms with Crippen LogP contribution in [0.3, 0.4) is 0 Å². The van der Waals surface area contributed by atoms with Gasteiger partial charge < -0.3 is 15.4 Å². The average molecular weight is 445 g/mol. The molecule has 1 aromatic carbocycles. The van der Waals surface area contributed by atoms with Gasteiger partial charge in [-0.25, -0.2) is 0 Å². The van der Waals surface area contributed by atoms with Crippen LogP contribution in [-0.4, -0.2) is 23.0 Å². The zero-order valence-electron chi connectivity index (χ0n) is 14.3. The van der Waals surface area contributed by atoms with Crippen molar-refractivity contribution in [2.24, 2.45) is 0 Å². The maximum absolute atomic E-state index is 12.6. The highest BCUT2D eigenvalue weighted by atomic mass is 35.6. The van der Waals surface area contributed by atoms with E-state index in [-0.39, 0.29) is 0 Å². The zero-order chi connectivity index (χ0) is 19.6. The van der Waals surface area contributed by atoms with Crippen molar-refractivity contribution in [3.8, 4) is 11.8 Å². The van der Waals surface area contributed by atoms with E-state index in [1.807, 2.05) is 0 Å². The molecule has 0 saturated heterocycles. The number of hydrogen-bond donors (Lipinski definition) is 2. The lowest BCUT2D eigenvalue weighted by molar-refractivity contribution is 0.0942. The van der Waals surface area contributed by atoms with Gasteiger partial charge in [0.15, 0.2) is 0 Å². The van der Waals surface area contributed by atoms with Crippen LogP contribution in [0.25, 0.3) is 0 Å². The summed E-state index contributed by atoms with van der Waals surface area (Å²) < 4.78 is 3.27. The monoisotopic (exact) mass is 443 g/mol. The van der Waals surface area contributed by atoms with Gasteiger partial charge in [0.25, 0.3) is 5.91 Å². The second-order valence-electron chi connectivity index (χ2n) is 5.99. The summed E-state index contributed by atoms with van der Waals surface area (Å²) in [4.78, 5) is 13.7. The van der Waals surface area contributed by atoms with Crippen LogP contribution in [0.1, 0.15) is 32.8 Å². The Morgan fingerprint density at radius 3 is 2.59 bits per heavy atom. The number of carbonyl (C=O) groups is 1. The highest BCUT2D eigenvalue weighted by Crippen LogP contribution is 2.40. The summed E-state index contributed by atoms with van der Waals surface area (Å²) in [7, 11) is 1.54. The van der Waals surface area contributed by atoms with E-state index in [2.05, 4.69) is 16.7 Å². The van der Waals surface area contributed by atoms with Gasteiger partial charge >= 0.3 is 0 Å². The summed E-state index contributed by atoms with van der Waals surface area (Å²) in [6.45, 7) is 0. The van der Waals surface area contributed by atoms with Crippen molar-refractivity contribution in [3.05, 3.63) is 45.8 Å². The van der Waals surface area contributed by atoms with Gasteiger partial charge in [-0.1, -0.05) is 34.8 Å². The first kappa shape index (κ1) is 20.1. The first-order chi connectivity index (χ1) is 12.8. The number of aryl methyl sites for hydroxylation is 1. The number of anilines is 1. The predicted molar refractivity (Wildman–Crippen MR) is 109 cm³/mol. The van der Waals surface area contributed by atoms with Crippen LogP contribution >= 0.6 is 46.1 Å². The smallest absolute Gasteiger partial charge is 0.252 e. The van der Waals surface area contributed by atoms with Crippen LogP contribution in [0.4, 0.5) is 5.00 Å². The third-order valence-electron chi connectivity index (χ3n) is 4.26. The van der Waals surface area contributed by atoms with Crippen molar-refractivity contribution in [1.29, 1.82) is 5.26 Å². The number of nitrogens with zero attached hydrogens (tertiary/aromatic N) is 1. The lowest BCUT2D eigenvalue weighted by Gasteiger charge is -2.27. The summed E-state index contributed by atoms with van der Waals surface area (Å²) in [5.74, 6) is 0.221. The molecule has 1 heterocycles. The number of nitriles is 1. The van der Waals surface area contributed by atoms with Crippen LogP contribution in [0.5, 0.6) is 5.75 Å². The quantitative estimate of drug-likeness (QED) is 0.520. The lowest BCUT2D eigenvalue weighted by Crippen LogP contribution is -2.49. The molecule has 0 bridgehead atoms. The number of amides is 1. The normalized spacial score (nSPS) is 14.2. The number of nitrogens with one attached hydrogen (secondary N) is 2. The summed E-state index contributed by atoms with van der Waals surface area (Å²) >= 11 is 19.7. The van der Waals surface area contributed by atoms with Crippen molar-refractivity contribution in [3.63, 3.8) is 0 Å². The standard InChI is InChI=1S/C18H16Cl3N3O2S/c1-26-11-7-5-10(6-8-11)15(25)23-17(18(19,20)21)24-16-13(9-22)12-3-2-4-14(12)27-16/h5-8,17,24H,2-4H2,1H3,(H,23,25)/t17-/m1/s1. The number of thiophene rings is 1. The molecule has 1 aliphatic rings. The lowest BCUT2D eigenvalue weighted by atomic mass is 10.1. The Morgan fingerprint density at radius 2 is 2.00 bits per heavy atom. The molecule has 0 radical (unpaired) electrons. The Labute approximate surface area is 176 Å². The molecule has 0 fully saturated rings. The van der Waals surface area contributed by atoms with E-state index in [0.717, 1.165) is 24.8 Å². The fraction of sp³-hybridized carbons (Fsp3) is 0.333. The van der Waals surface area contributed by atoms with Crippen molar-refractivity contribution in [2.75, 3.05) is 12.4 Å². The molecule has 9 heteroatoms. The molecule has 1 amide bonds. The predicted octanol–water partition coefficient (Wildman–Crippen LogP) is 4.66. The zero-order valence-corrected chi connectivity index (χ0v) is 17.4. The Balaban J connectivity index is 1.81. The van der Waals surface area contributed by atoms with Crippen LogP contribution in [0.15, 0.2) is 24.3 Å². The number of fused-ring (bicyclic) bond motifs is 1. The molecular formula is C18H16Cl3N3O2S. The molecule has 0 aliphatic heterocycles. The molecule has 3 rings (SSSR count). The summed E-state index contributed by atoms with van der Waals surface area (Å²) in [6, 6.07) is 8.79. The van der Waals surface area contributed by atoms with Gasteiger partial charge in [0, 0.05) is 10.4 Å². The van der Waals surface area contributed by atoms with Gasteiger partial charge in [-0.2, -0.15) is 5.26 Å². The van der Waals surface area contributed by atoms with Crippen molar-refractivity contribution in [2.45, 2.75) is 29.2 Å². The molecule has 1 aliphatic carbocycles. The number of hydrogen-bond acceptors (Lipinski definition) is 5. The van der Waals surface area contributed by atoms with E-state index in [4.69, 9.17) is 39.5 Å². The SMILES string of the molecule is COc1ccc(C(=O)N[C@H](Nc2sc3c(c2C#N)CCC3)C(Cl)(Cl)Cl)cc1. The summed E-state index contributed by atoms with van der Waals surface area (Å²) in [5.41, 5.74) is 2.01. The Hall–Kier alpha value is -1.65. The van der Waals surface area contributed by atoms with E-state index in [9.17, 15) is 10.1 Å². The molecule has 1 atom stereocenters. The molecule has 2 aromatic rings. The van der Waals surface area contributed by atoms with Crippen LogP contribution < -0.4 is 15.4 Å². The first-order valence-corrected chi connectivity index (χ1v) is 10.1. The summed E-state index contributed by atoms with van der Waals surface area (Å²) in [5, 5.41) is 15.8. The highest BCUT2D eigenvalue weighted by molar-refractivity contribution is 7.16. The number of rotatable bonds is 5. The molecule has 5 nitrogen and oxygen atoms in total. The van der Waals surface area contributed by atoms with Crippen LogP contribution in [-0.2, 0) is 12.8 Å². The van der Waals surface area contributed by atoms with E-state index in [1.165, 1.54) is 16.2 Å². The van der Waals surface area contributed by atoms with Crippen LogP contribution in [0, 0.1) is 11.3 Å². The number of benzene rings is 1. The van der Waals surface area contributed by atoms with Gasteiger partial charge in [-0.3, -0.25) is 4.79 Å². The third-order valence-corrected chi connectivity index (χ3v) is 6.14. The van der Waals surface area contributed by atoms with E-state index >= 15 is 0 Å². The molecule has 0 unspecified atom stereocenters. The van der Waals surface area contributed by atoms with E-state index < -0.39 is 15.9 Å². The van der Waals surface area contributed by atoms with E-state index in [1.54, 1.807) is 31.4 Å². The van der Waals surface area contributed by atoms with Crippen molar-refractivity contribution >= 4 is 57.0 Å². The van der Waals surface area contributed by atoms with Crippen LogP contribution in [0.2, 0.25) is 0 Å². The van der Waals surface area contributed by atoms with Gasteiger partial charge in [-0.15, -0.1) is 11.3 Å². The molecule has 2 N–H and O–H groups in total. The number of halogens is 3. The number of methoxy groups -OCH3 is 1. The van der Waals surface area contributed by atoms with E-state index in [0.29, 0.717) is 21.9 Å². The minimum atomic E-state index is -1.82. The largest absolute Gasteiger partial charge is 0.497 e. The minimum absolute atomic E-state index is 0.394. The van der Waals surface area contributed by atoms with Crippen molar-refractivity contribution < 1.29 is 9.53 Å². The van der Waals surface area contributed by atoms with Gasteiger partial charge in [0.1, 0.15) is 23.0 Å². The fourth-order valence-corrected chi connectivity index (χ4v) is 4.51. The molecule has 0 saturated carbocycles. The van der Waals surface area contributed by atoms with Crippen molar-refractivity contribution in [1.82, 2.24) is 5.32 Å². The molecule has 0 spiro atoms. The van der Waals surface area contributed by atoms with Gasteiger partial charge in [0.05, 0.1) is 12.7 Å². The maximum atomic E-state index is 12.6. The number of ether oxygens (including phenoxy) is 1. The highest BCUT2D eigenvalue weighted by Gasteiger charge is 2.36. The van der Waals surface area contributed by atoms with Gasteiger partial charge in [-0.05, 0) is 49.1 Å². The second-order valence-corrected chi connectivity index (χ2v) is 9.47. The Bertz CT molecular complexity index is 885. The average Bonchev–Trinajstić information content (AvgIpc) is 3.20. The topological polar surface area (TPSA) is 74.2 Å². The number of carbonyl (C=O) groups excluding carboxylic acids is 1. The molecule has 27 heavy (non-hydrogen) atoms. The third kappa shape index (κ3) is 4.44. The first-order valence-electron chi connectivity index (χ1n) is 8.16. The molecular weight excluding hydrogens is 429 g/mol. The molecule has 1 aromatic heterocycles. The minimum Gasteiger partial charge on any atom is -0.497 e. The Kier molecular flexibility index (Phi) is 6.07. The number of alkyl halides is 3. The maximum Gasteiger partial charge on any atom is 0.252 e. The summed E-state index contributed by atoms with van der Waals surface area (Å²) in [6.07, 6.45) is 1.83. The van der Waals surface area contributed by atoms with Gasteiger partial charge in [0.2, 0.25) is 3.79 Å². The second kappa shape index (κ2) is 8.15. The molecule has 142 valence electrons.